The zero-order valence-electron chi connectivity index (χ0n) is 14.1. The van der Waals surface area contributed by atoms with Gasteiger partial charge in [-0.05, 0) is 50.3 Å². The maximum Gasteiger partial charge on any atom is 0.127 e. The van der Waals surface area contributed by atoms with Crippen molar-refractivity contribution in [3.05, 3.63) is 23.8 Å². The Morgan fingerprint density at radius 1 is 1.14 bits per heavy atom. The largest absolute Gasteiger partial charge is 0.496 e. The Morgan fingerprint density at radius 3 is 2.50 bits per heavy atom. The molecule has 1 heterocycles. The minimum absolute atomic E-state index is 0.782. The van der Waals surface area contributed by atoms with Gasteiger partial charge in [-0.2, -0.15) is 0 Å². The fourth-order valence-corrected chi connectivity index (χ4v) is 3.35. The van der Waals surface area contributed by atoms with Crippen LogP contribution in [0.2, 0.25) is 0 Å². The van der Waals surface area contributed by atoms with Gasteiger partial charge in [0.25, 0.3) is 0 Å². The molecule has 4 nitrogen and oxygen atoms in total. The molecule has 1 aliphatic rings. The summed E-state index contributed by atoms with van der Waals surface area (Å²) in [5, 5.41) is 0. The van der Waals surface area contributed by atoms with E-state index in [1.807, 2.05) is 18.2 Å². The van der Waals surface area contributed by atoms with Crippen LogP contribution in [-0.4, -0.2) is 45.9 Å². The van der Waals surface area contributed by atoms with Gasteiger partial charge < -0.3 is 14.2 Å². The van der Waals surface area contributed by atoms with Gasteiger partial charge in [-0.15, -0.1) is 0 Å². The van der Waals surface area contributed by atoms with Crippen LogP contribution in [0.5, 0.6) is 11.5 Å². The molecule has 1 saturated heterocycles. The normalized spacial score (nSPS) is 19.1. The highest BCUT2D eigenvalue weighted by atomic mass is 16.5. The SMILES string of the molecule is COCCCC1CCCN(Cc2c(OC)cccc2OC)C1. The molecule has 2 rings (SSSR count). The van der Waals surface area contributed by atoms with E-state index in [9.17, 15) is 0 Å². The molecular formula is C18H29NO3. The second-order valence-electron chi connectivity index (χ2n) is 6.02. The summed E-state index contributed by atoms with van der Waals surface area (Å²) in [6.45, 7) is 4.08. The average Bonchev–Trinajstić information content (AvgIpc) is 2.55. The second-order valence-corrected chi connectivity index (χ2v) is 6.02. The van der Waals surface area contributed by atoms with E-state index >= 15 is 0 Å². The van der Waals surface area contributed by atoms with E-state index in [0.717, 1.165) is 55.6 Å². The molecule has 1 unspecified atom stereocenters. The van der Waals surface area contributed by atoms with E-state index in [0.29, 0.717) is 0 Å². The standard InChI is InChI=1S/C18H29NO3/c1-20-12-6-8-15-7-5-11-19(13-15)14-16-17(21-2)9-4-10-18(16)22-3/h4,9-10,15H,5-8,11-14H2,1-3H3. The van der Waals surface area contributed by atoms with Crippen LogP contribution in [0.4, 0.5) is 0 Å². The van der Waals surface area contributed by atoms with Crippen LogP contribution >= 0.6 is 0 Å². The molecule has 4 heteroatoms. The van der Waals surface area contributed by atoms with Crippen molar-refractivity contribution in [2.75, 3.05) is 41.0 Å². The lowest BCUT2D eigenvalue weighted by Crippen LogP contribution is -2.35. The molecule has 0 spiro atoms. The topological polar surface area (TPSA) is 30.9 Å². The Morgan fingerprint density at radius 2 is 1.86 bits per heavy atom. The van der Waals surface area contributed by atoms with Crippen molar-refractivity contribution >= 4 is 0 Å². The molecule has 1 aliphatic heterocycles. The number of hydrogen-bond acceptors (Lipinski definition) is 4. The summed E-state index contributed by atoms with van der Waals surface area (Å²) in [5.41, 5.74) is 1.16. The Labute approximate surface area is 134 Å². The Balaban J connectivity index is 1.98. The van der Waals surface area contributed by atoms with Crippen LogP contribution in [0.3, 0.4) is 0 Å². The molecule has 1 aromatic carbocycles. The molecule has 0 bridgehead atoms. The van der Waals surface area contributed by atoms with Gasteiger partial charge in [0.2, 0.25) is 0 Å². The summed E-state index contributed by atoms with van der Waals surface area (Å²) in [4.78, 5) is 2.53. The summed E-state index contributed by atoms with van der Waals surface area (Å²) in [6.07, 6.45) is 5.03. The zero-order valence-corrected chi connectivity index (χ0v) is 14.1. The number of likely N-dealkylation sites (tertiary alicyclic amines) is 1. The monoisotopic (exact) mass is 307 g/mol. The number of piperidine rings is 1. The second kappa shape index (κ2) is 9.01. The van der Waals surface area contributed by atoms with Crippen LogP contribution in [-0.2, 0) is 11.3 Å². The number of rotatable bonds is 8. The minimum atomic E-state index is 0.782. The Bertz CT molecular complexity index is 428. The summed E-state index contributed by atoms with van der Waals surface area (Å²) >= 11 is 0. The van der Waals surface area contributed by atoms with Gasteiger partial charge in [0.05, 0.1) is 19.8 Å². The van der Waals surface area contributed by atoms with E-state index < -0.39 is 0 Å². The number of hydrogen-bond donors (Lipinski definition) is 0. The third-order valence-corrected chi connectivity index (χ3v) is 4.48. The first kappa shape index (κ1) is 17.1. The first-order chi connectivity index (χ1) is 10.8. The van der Waals surface area contributed by atoms with E-state index in [2.05, 4.69) is 4.90 Å². The molecule has 22 heavy (non-hydrogen) atoms. The first-order valence-corrected chi connectivity index (χ1v) is 8.19. The van der Waals surface area contributed by atoms with Gasteiger partial charge in [0.15, 0.2) is 0 Å². The fourth-order valence-electron chi connectivity index (χ4n) is 3.35. The number of ether oxygens (including phenoxy) is 3. The highest BCUT2D eigenvalue weighted by Crippen LogP contribution is 2.31. The van der Waals surface area contributed by atoms with Crippen LogP contribution in [0.25, 0.3) is 0 Å². The van der Waals surface area contributed by atoms with Crippen molar-refractivity contribution in [2.45, 2.75) is 32.2 Å². The average molecular weight is 307 g/mol. The molecule has 0 radical (unpaired) electrons. The number of nitrogens with zero attached hydrogens (tertiary/aromatic N) is 1. The predicted molar refractivity (Wildman–Crippen MR) is 88.7 cm³/mol. The van der Waals surface area contributed by atoms with Crippen molar-refractivity contribution in [1.82, 2.24) is 4.90 Å². The van der Waals surface area contributed by atoms with Crippen LogP contribution in [0.1, 0.15) is 31.2 Å². The lowest BCUT2D eigenvalue weighted by molar-refractivity contribution is 0.141. The maximum atomic E-state index is 5.51. The van der Waals surface area contributed by atoms with Crippen molar-refractivity contribution in [3.63, 3.8) is 0 Å². The van der Waals surface area contributed by atoms with Crippen LogP contribution in [0, 0.1) is 5.92 Å². The minimum Gasteiger partial charge on any atom is -0.496 e. The summed E-state index contributed by atoms with van der Waals surface area (Å²) in [5.74, 6) is 2.62. The fraction of sp³-hybridized carbons (Fsp3) is 0.667. The zero-order chi connectivity index (χ0) is 15.8. The highest BCUT2D eigenvalue weighted by molar-refractivity contribution is 5.44. The molecule has 0 aliphatic carbocycles. The first-order valence-electron chi connectivity index (χ1n) is 8.19. The molecule has 0 saturated carbocycles. The summed E-state index contributed by atoms with van der Waals surface area (Å²) in [6, 6.07) is 6.00. The molecule has 0 aromatic heterocycles. The van der Waals surface area contributed by atoms with E-state index in [1.165, 1.54) is 19.3 Å². The smallest absolute Gasteiger partial charge is 0.127 e. The van der Waals surface area contributed by atoms with E-state index in [4.69, 9.17) is 14.2 Å². The molecule has 1 fully saturated rings. The quantitative estimate of drug-likeness (QED) is 0.689. The molecule has 1 aromatic rings. The van der Waals surface area contributed by atoms with Crippen LogP contribution in [0.15, 0.2) is 18.2 Å². The van der Waals surface area contributed by atoms with Crippen molar-refractivity contribution in [1.29, 1.82) is 0 Å². The third kappa shape index (κ3) is 4.62. The van der Waals surface area contributed by atoms with Gasteiger partial charge in [0, 0.05) is 26.8 Å². The predicted octanol–water partition coefficient (Wildman–Crippen LogP) is 3.34. The van der Waals surface area contributed by atoms with Gasteiger partial charge in [-0.1, -0.05) is 6.07 Å². The van der Waals surface area contributed by atoms with Crippen molar-refractivity contribution in [2.24, 2.45) is 5.92 Å². The van der Waals surface area contributed by atoms with Crippen molar-refractivity contribution < 1.29 is 14.2 Å². The third-order valence-electron chi connectivity index (χ3n) is 4.48. The molecule has 1 atom stereocenters. The molecule has 0 amide bonds. The molecule has 0 N–H and O–H groups in total. The lowest BCUT2D eigenvalue weighted by Gasteiger charge is -2.33. The highest BCUT2D eigenvalue weighted by Gasteiger charge is 2.22. The van der Waals surface area contributed by atoms with Crippen LogP contribution < -0.4 is 9.47 Å². The number of benzene rings is 1. The van der Waals surface area contributed by atoms with Gasteiger partial charge >= 0.3 is 0 Å². The Hall–Kier alpha value is -1.26. The van der Waals surface area contributed by atoms with Crippen molar-refractivity contribution in [3.8, 4) is 11.5 Å². The van der Waals surface area contributed by atoms with Gasteiger partial charge in [-0.3, -0.25) is 4.90 Å². The van der Waals surface area contributed by atoms with Gasteiger partial charge in [-0.25, -0.2) is 0 Å². The lowest BCUT2D eigenvalue weighted by atomic mass is 9.93. The maximum absolute atomic E-state index is 5.51. The molecular weight excluding hydrogens is 278 g/mol. The van der Waals surface area contributed by atoms with E-state index in [1.54, 1.807) is 21.3 Å². The Kier molecular flexibility index (Phi) is 7.00. The number of methoxy groups -OCH3 is 3. The van der Waals surface area contributed by atoms with E-state index in [-0.39, 0.29) is 0 Å². The molecule has 124 valence electrons. The van der Waals surface area contributed by atoms with Gasteiger partial charge in [0.1, 0.15) is 11.5 Å². The summed E-state index contributed by atoms with van der Waals surface area (Å²) < 4.78 is 16.2. The summed E-state index contributed by atoms with van der Waals surface area (Å²) in [7, 11) is 5.23.